The van der Waals surface area contributed by atoms with Gasteiger partial charge < -0.3 is 9.15 Å². The van der Waals surface area contributed by atoms with E-state index >= 15 is 0 Å². The molecule has 2 aromatic heterocycles. The topological polar surface area (TPSA) is 70.2 Å². The van der Waals surface area contributed by atoms with Crippen molar-refractivity contribution in [2.45, 2.75) is 24.3 Å². The molecule has 0 N–H and O–H groups in total. The third-order valence-corrected chi connectivity index (χ3v) is 4.57. The minimum Gasteiger partial charge on any atom is -0.468 e. The first kappa shape index (κ1) is 16.3. The molecule has 1 aromatic carbocycles. The molecule has 3 rings (SSSR count). The molecule has 0 spiro atoms. The quantitative estimate of drug-likeness (QED) is 0.522. The van der Waals surface area contributed by atoms with Crippen LogP contribution >= 0.6 is 11.8 Å². The van der Waals surface area contributed by atoms with E-state index in [4.69, 9.17) is 9.15 Å². The van der Waals surface area contributed by atoms with E-state index in [9.17, 15) is 4.79 Å². The summed E-state index contributed by atoms with van der Waals surface area (Å²) in [6.45, 7) is 3.79. The van der Waals surface area contributed by atoms with Gasteiger partial charge in [0.15, 0.2) is 10.9 Å². The minimum atomic E-state index is -0.397. The summed E-state index contributed by atoms with van der Waals surface area (Å²) < 4.78 is 12.2. The lowest BCUT2D eigenvalue weighted by Gasteiger charge is -2.13. The average molecular weight is 343 g/mol. The number of hydrogen-bond donors (Lipinski definition) is 0. The highest BCUT2D eigenvalue weighted by Crippen LogP contribution is 2.31. The van der Waals surface area contributed by atoms with Crippen molar-refractivity contribution in [2.75, 3.05) is 7.11 Å². The molecule has 0 fully saturated rings. The van der Waals surface area contributed by atoms with Gasteiger partial charge in [-0.3, -0.25) is 9.36 Å². The van der Waals surface area contributed by atoms with Crippen molar-refractivity contribution in [1.82, 2.24) is 14.8 Å². The number of rotatable bonds is 5. The number of aromatic nitrogens is 3. The summed E-state index contributed by atoms with van der Waals surface area (Å²) in [5.41, 5.74) is 2.01. The molecule has 0 bridgehead atoms. The summed E-state index contributed by atoms with van der Waals surface area (Å²) in [7, 11) is 1.37. The summed E-state index contributed by atoms with van der Waals surface area (Å²) >= 11 is 1.30. The van der Waals surface area contributed by atoms with E-state index in [-0.39, 0.29) is 5.97 Å². The zero-order chi connectivity index (χ0) is 17.1. The van der Waals surface area contributed by atoms with Crippen molar-refractivity contribution >= 4 is 17.7 Å². The van der Waals surface area contributed by atoms with Crippen molar-refractivity contribution in [1.29, 1.82) is 0 Å². The Morgan fingerprint density at radius 3 is 2.71 bits per heavy atom. The second-order valence-electron chi connectivity index (χ2n) is 5.19. The van der Waals surface area contributed by atoms with Crippen LogP contribution in [0.2, 0.25) is 0 Å². The van der Waals surface area contributed by atoms with Crippen molar-refractivity contribution in [3.63, 3.8) is 0 Å². The number of thioether (sulfide) groups is 1. The number of carbonyl (C=O) groups excluding carboxylic acids is 1. The molecular formula is C17H17N3O3S. The van der Waals surface area contributed by atoms with E-state index in [1.807, 2.05) is 41.8 Å². The van der Waals surface area contributed by atoms with E-state index in [0.717, 1.165) is 11.3 Å². The monoisotopic (exact) mass is 343 g/mol. The van der Waals surface area contributed by atoms with E-state index < -0.39 is 5.25 Å². The normalized spacial score (nSPS) is 12.1. The van der Waals surface area contributed by atoms with Gasteiger partial charge in [-0.05, 0) is 37.6 Å². The zero-order valence-electron chi connectivity index (χ0n) is 13.6. The maximum Gasteiger partial charge on any atom is 0.318 e. The van der Waals surface area contributed by atoms with Crippen molar-refractivity contribution in [3.05, 3.63) is 48.2 Å². The summed E-state index contributed by atoms with van der Waals surface area (Å²) in [5, 5.41) is 8.72. The summed E-state index contributed by atoms with van der Waals surface area (Å²) in [6, 6.07) is 11.6. The number of carbonyl (C=O) groups is 1. The molecule has 0 aliphatic rings. The largest absolute Gasteiger partial charge is 0.468 e. The van der Waals surface area contributed by atoms with Crippen LogP contribution in [-0.2, 0) is 9.53 Å². The van der Waals surface area contributed by atoms with Crippen LogP contribution in [0.15, 0.2) is 52.2 Å². The second kappa shape index (κ2) is 6.92. The van der Waals surface area contributed by atoms with Gasteiger partial charge in [0.25, 0.3) is 0 Å². The van der Waals surface area contributed by atoms with Crippen LogP contribution in [0.1, 0.15) is 12.5 Å². The van der Waals surface area contributed by atoms with Gasteiger partial charge in [0.2, 0.25) is 5.82 Å². The number of nitrogens with zero attached hydrogens (tertiary/aromatic N) is 3. The maximum atomic E-state index is 11.7. The van der Waals surface area contributed by atoms with Gasteiger partial charge in [-0.15, -0.1) is 10.2 Å². The summed E-state index contributed by atoms with van der Waals surface area (Å²) in [4.78, 5) is 11.7. The molecule has 7 heteroatoms. The Morgan fingerprint density at radius 1 is 1.25 bits per heavy atom. The van der Waals surface area contributed by atoms with E-state index in [1.54, 1.807) is 19.3 Å². The van der Waals surface area contributed by atoms with Gasteiger partial charge in [-0.1, -0.05) is 30.0 Å². The molecule has 0 saturated heterocycles. The third kappa shape index (κ3) is 3.07. The van der Waals surface area contributed by atoms with Gasteiger partial charge in [0.1, 0.15) is 5.25 Å². The lowest BCUT2D eigenvalue weighted by atomic mass is 10.2. The Morgan fingerprint density at radius 2 is 2.04 bits per heavy atom. The van der Waals surface area contributed by atoms with Crippen LogP contribution in [0.4, 0.5) is 0 Å². The molecule has 0 aliphatic carbocycles. The van der Waals surface area contributed by atoms with E-state index in [1.165, 1.54) is 18.9 Å². The van der Waals surface area contributed by atoms with E-state index in [0.29, 0.717) is 16.7 Å². The molecule has 1 atom stereocenters. The number of methoxy groups -OCH3 is 1. The molecular weight excluding hydrogens is 326 g/mol. The number of para-hydroxylation sites is 1. The van der Waals surface area contributed by atoms with Gasteiger partial charge in [-0.25, -0.2) is 0 Å². The number of ether oxygens (including phenoxy) is 1. The molecule has 3 aromatic rings. The van der Waals surface area contributed by atoms with Crippen LogP contribution in [-0.4, -0.2) is 33.1 Å². The fourth-order valence-electron chi connectivity index (χ4n) is 2.32. The van der Waals surface area contributed by atoms with Gasteiger partial charge in [-0.2, -0.15) is 0 Å². The second-order valence-corrected chi connectivity index (χ2v) is 6.50. The Balaban J connectivity index is 2.10. The van der Waals surface area contributed by atoms with Crippen molar-refractivity contribution < 1.29 is 13.9 Å². The van der Waals surface area contributed by atoms with Gasteiger partial charge in [0, 0.05) is 0 Å². The lowest BCUT2D eigenvalue weighted by molar-refractivity contribution is -0.139. The van der Waals surface area contributed by atoms with Crippen LogP contribution in [0.5, 0.6) is 0 Å². The van der Waals surface area contributed by atoms with Crippen molar-refractivity contribution in [3.8, 4) is 17.3 Å². The molecule has 0 amide bonds. The first-order valence-corrected chi connectivity index (χ1v) is 8.29. The Labute approximate surface area is 143 Å². The summed E-state index contributed by atoms with van der Waals surface area (Å²) in [5.74, 6) is 0.899. The van der Waals surface area contributed by atoms with Gasteiger partial charge >= 0.3 is 5.97 Å². The number of aryl methyl sites for hydroxylation is 1. The fraction of sp³-hybridized carbons (Fsp3) is 0.235. The van der Waals surface area contributed by atoms with Crippen LogP contribution in [0, 0.1) is 6.92 Å². The molecule has 6 nitrogen and oxygen atoms in total. The molecule has 124 valence electrons. The predicted molar refractivity (Wildman–Crippen MR) is 91.1 cm³/mol. The highest BCUT2D eigenvalue weighted by molar-refractivity contribution is 8.00. The Hall–Kier alpha value is -2.54. The average Bonchev–Trinajstić information content (AvgIpc) is 3.24. The first-order chi connectivity index (χ1) is 11.6. The number of furan rings is 1. The SMILES string of the molecule is COC(=O)[C@@H](C)Sc1nnc(-c2ccco2)n1-c1ccccc1C. The lowest BCUT2D eigenvalue weighted by Crippen LogP contribution is -2.15. The highest BCUT2D eigenvalue weighted by atomic mass is 32.2. The van der Waals surface area contributed by atoms with Gasteiger partial charge in [0.05, 0.1) is 19.1 Å². The zero-order valence-corrected chi connectivity index (χ0v) is 14.4. The Bertz CT molecular complexity index is 843. The highest BCUT2D eigenvalue weighted by Gasteiger charge is 2.23. The number of hydrogen-bond acceptors (Lipinski definition) is 6. The molecule has 0 unspecified atom stereocenters. The molecule has 0 radical (unpaired) electrons. The summed E-state index contributed by atoms with van der Waals surface area (Å²) in [6.07, 6.45) is 1.59. The number of benzene rings is 1. The predicted octanol–water partition coefficient (Wildman–Crippen LogP) is 3.49. The molecule has 0 aliphatic heterocycles. The molecule has 0 saturated carbocycles. The third-order valence-electron chi connectivity index (χ3n) is 3.55. The minimum absolute atomic E-state index is 0.307. The standard InChI is InChI=1S/C17H17N3O3S/c1-11-7-4-5-8-13(11)20-15(14-9-6-10-23-14)18-19-17(20)24-12(2)16(21)22-3/h4-10,12H,1-3H3/t12-/m1/s1. The Kier molecular flexibility index (Phi) is 4.71. The van der Waals surface area contributed by atoms with Crippen molar-refractivity contribution in [2.24, 2.45) is 0 Å². The smallest absolute Gasteiger partial charge is 0.318 e. The first-order valence-electron chi connectivity index (χ1n) is 7.41. The van der Waals surface area contributed by atoms with Crippen LogP contribution in [0.25, 0.3) is 17.3 Å². The van der Waals surface area contributed by atoms with Crippen LogP contribution < -0.4 is 0 Å². The fourth-order valence-corrected chi connectivity index (χ4v) is 3.20. The molecule has 24 heavy (non-hydrogen) atoms. The maximum absolute atomic E-state index is 11.7. The van der Waals surface area contributed by atoms with E-state index in [2.05, 4.69) is 10.2 Å². The molecule has 2 heterocycles. The number of esters is 1. The van der Waals surface area contributed by atoms with Crippen LogP contribution in [0.3, 0.4) is 0 Å².